The zero-order chi connectivity index (χ0) is 9.19. The lowest BCUT2D eigenvalue weighted by Crippen LogP contribution is -2.58. The quantitative estimate of drug-likeness (QED) is 0.427. The first-order valence-electron chi connectivity index (χ1n) is 3.62. The molecule has 1 atom stereocenters. The molecule has 1 aliphatic rings. The van der Waals surface area contributed by atoms with Crippen LogP contribution in [0.15, 0.2) is 0 Å². The number of aliphatic hydroxyl groups is 1. The number of ether oxygens (including phenoxy) is 1. The van der Waals surface area contributed by atoms with E-state index in [-0.39, 0.29) is 13.2 Å². The van der Waals surface area contributed by atoms with Gasteiger partial charge < -0.3 is 9.84 Å². The van der Waals surface area contributed by atoms with Crippen LogP contribution < -0.4 is 0 Å². The van der Waals surface area contributed by atoms with Crippen molar-refractivity contribution in [2.24, 2.45) is 0 Å². The molecule has 0 radical (unpaired) electrons. The summed E-state index contributed by atoms with van der Waals surface area (Å²) in [6, 6.07) is 0. The fraction of sp³-hybridized carbons (Fsp3) is 1.00. The molecule has 1 N–H and O–H groups in total. The van der Waals surface area contributed by atoms with Crippen LogP contribution in [0.1, 0.15) is 0 Å². The van der Waals surface area contributed by atoms with Crippen molar-refractivity contribution in [3.8, 4) is 0 Å². The predicted molar refractivity (Wildman–Crippen MR) is 40.3 cm³/mol. The molecule has 6 nitrogen and oxygen atoms in total. The summed E-state index contributed by atoms with van der Waals surface area (Å²) in [6.07, 6.45) is 0. The van der Waals surface area contributed by atoms with Crippen molar-refractivity contribution in [3.63, 3.8) is 0 Å². The van der Waals surface area contributed by atoms with Gasteiger partial charge in [-0.05, 0) is 7.05 Å². The normalized spacial score (nSPS) is 31.8. The summed E-state index contributed by atoms with van der Waals surface area (Å²) in [5.74, 6) is 0. The third kappa shape index (κ3) is 1.55. The van der Waals surface area contributed by atoms with Crippen molar-refractivity contribution < 1.29 is 14.8 Å². The van der Waals surface area contributed by atoms with Gasteiger partial charge in [0.15, 0.2) is 0 Å². The summed E-state index contributed by atoms with van der Waals surface area (Å²) in [5.41, 5.74) is -1.33. The van der Waals surface area contributed by atoms with E-state index in [9.17, 15) is 10.1 Å². The summed E-state index contributed by atoms with van der Waals surface area (Å²) >= 11 is 0. The Bertz CT molecular complexity index is 186. The van der Waals surface area contributed by atoms with Crippen molar-refractivity contribution in [2.45, 2.75) is 5.54 Å². The van der Waals surface area contributed by atoms with E-state index in [0.717, 1.165) is 0 Å². The van der Waals surface area contributed by atoms with Gasteiger partial charge in [0.05, 0.1) is 13.3 Å². The number of nitro groups is 1. The molecule has 0 aromatic heterocycles. The van der Waals surface area contributed by atoms with Crippen molar-refractivity contribution in [1.82, 2.24) is 4.90 Å². The van der Waals surface area contributed by atoms with Crippen LogP contribution in [0.3, 0.4) is 0 Å². The smallest absolute Gasteiger partial charge is 0.280 e. The highest BCUT2D eigenvalue weighted by molar-refractivity contribution is 4.83. The van der Waals surface area contributed by atoms with Crippen molar-refractivity contribution in [3.05, 3.63) is 10.1 Å². The molecule has 0 aromatic rings. The summed E-state index contributed by atoms with van der Waals surface area (Å²) in [7, 11) is 1.72. The van der Waals surface area contributed by atoms with Crippen LogP contribution >= 0.6 is 0 Å². The van der Waals surface area contributed by atoms with E-state index in [4.69, 9.17) is 9.84 Å². The molecule has 1 aliphatic heterocycles. The predicted octanol–water partition coefficient (Wildman–Crippen LogP) is -1.09. The molecular formula is C6H12N2O4. The average Bonchev–Trinajstić information content (AvgIpc) is 2.04. The Morgan fingerprint density at radius 3 is 2.83 bits per heavy atom. The summed E-state index contributed by atoms with van der Waals surface area (Å²) in [4.78, 5) is 11.8. The molecule has 12 heavy (non-hydrogen) atoms. The number of nitrogens with zero attached hydrogens (tertiary/aromatic N) is 2. The first-order valence-corrected chi connectivity index (χ1v) is 3.62. The van der Waals surface area contributed by atoms with Gasteiger partial charge in [0.1, 0.15) is 13.2 Å². The Balaban J connectivity index is 2.71. The van der Waals surface area contributed by atoms with Crippen LogP contribution in [-0.2, 0) is 4.74 Å². The van der Waals surface area contributed by atoms with Gasteiger partial charge in [-0.3, -0.25) is 15.0 Å². The standard InChI is InChI=1S/C6H12N2O4/c1-7-2-6(3-9,8(10)11)4-12-5-7/h9H,2-5H2,1H3. The number of hydrogen-bond acceptors (Lipinski definition) is 5. The molecule has 0 aliphatic carbocycles. The third-order valence-electron chi connectivity index (χ3n) is 1.93. The maximum Gasteiger partial charge on any atom is 0.280 e. The van der Waals surface area contributed by atoms with Crippen molar-refractivity contribution in [1.29, 1.82) is 0 Å². The van der Waals surface area contributed by atoms with Gasteiger partial charge in [-0.1, -0.05) is 0 Å². The van der Waals surface area contributed by atoms with Gasteiger partial charge in [0, 0.05) is 4.92 Å². The van der Waals surface area contributed by atoms with E-state index < -0.39 is 17.1 Å². The van der Waals surface area contributed by atoms with Gasteiger partial charge in [-0.2, -0.15) is 0 Å². The number of rotatable bonds is 2. The number of hydrogen-bond donors (Lipinski definition) is 1. The summed E-state index contributed by atoms with van der Waals surface area (Å²) < 4.78 is 4.97. The Hall–Kier alpha value is -0.720. The number of likely N-dealkylation sites (N-methyl/N-ethyl adjacent to an activating group) is 1. The second-order valence-corrected chi connectivity index (χ2v) is 3.13. The fourth-order valence-electron chi connectivity index (χ4n) is 1.25. The van der Waals surface area contributed by atoms with Crippen LogP contribution in [0.2, 0.25) is 0 Å². The molecule has 6 heteroatoms. The van der Waals surface area contributed by atoms with Gasteiger partial charge in [0.2, 0.25) is 0 Å². The van der Waals surface area contributed by atoms with E-state index >= 15 is 0 Å². The lowest BCUT2D eigenvalue weighted by molar-refractivity contribution is -0.584. The van der Waals surface area contributed by atoms with E-state index in [0.29, 0.717) is 6.73 Å². The monoisotopic (exact) mass is 176 g/mol. The lowest BCUT2D eigenvalue weighted by Gasteiger charge is -2.32. The first kappa shape index (κ1) is 9.37. The van der Waals surface area contributed by atoms with Gasteiger partial charge in [0.25, 0.3) is 5.54 Å². The van der Waals surface area contributed by atoms with Gasteiger partial charge in [-0.15, -0.1) is 0 Å². The van der Waals surface area contributed by atoms with Crippen LogP contribution in [-0.4, -0.2) is 54.0 Å². The average molecular weight is 176 g/mol. The molecular weight excluding hydrogens is 164 g/mol. The first-order chi connectivity index (χ1) is 5.60. The minimum Gasteiger partial charge on any atom is -0.389 e. The molecule has 1 rings (SSSR count). The molecule has 1 fully saturated rings. The number of aliphatic hydroxyl groups excluding tert-OH is 1. The molecule has 0 bridgehead atoms. The lowest BCUT2D eigenvalue weighted by atomic mass is 10.0. The van der Waals surface area contributed by atoms with Crippen LogP contribution in [0.5, 0.6) is 0 Å². The van der Waals surface area contributed by atoms with Crippen LogP contribution in [0, 0.1) is 10.1 Å². The zero-order valence-corrected chi connectivity index (χ0v) is 6.89. The van der Waals surface area contributed by atoms with Crippen LogP contribution in [0.4, 0.5) is 0 Å². The molecule has 1 heterocycles. The Morgan fingerprint density at radius 1 is 1.83 bits per heavy atom. The summed E-state index contributed by atoms with van der Waals surface area (Å²) in [6.45, 7) is 0.122. The molecule has 0 spiro atoms. The maximum absolute atomic E-state index is 10.6. The highest BCUT2D eigenvalue weighted by Crippen LogP contribution is 2.15. The molecule has 1 saturated heterocycles. The SMILES string of the molecule is CN1COCC(CO)([N+](=O)[O-])C1. The van der Waals surface area contributed by atoms with E-state index in [1.165, 1.54) is 0 Å². The molecule has 0 amide bonds. The second kappa shape index (κ2) is 3.34. The highest BCUT2D eigenvalue weighted by atomic mass is 16.6. The highest BCUT2D eigenvalue weighted by Gasteiger charge is 2.46. The molecule has 70 valence electrons. The second-order valence-electron chi connectivity index (χ2n) is 3.13. The Labute approximate surface area is 69.9 Å². The summed E-state index contributed by atoms with van der Waals surface area (Å²) in [5, 5.41) is 19.5. The largest absolute Gasteiger partial charge is 0.389 e. The van der Waals surface area contributed by atoms with Gasteiger partial charge in [-0.25, -0.2) is 0 Å². The van der Waals surface area contributed by atoms with Crippen molar-refractivity contribution >= 4 is 0 Å². The molecule has 0 aromatic carbocycles. The third-order valence-corrected chi connectivity index (χ3v) is 1.93. The van der Waals surface area contributed by atoms with Gasteiger partial charge >= 0.3 is 0 Å². The van der Waals surface area contributed by atoms with E-state index in [1.807, 2.05) is 0 Å². The van der Waals surface area contributed by atoms with Crippen molar-refractivity contribution in [2.75, 3.05) is 33.5 Å². The molecule has 1 unspecified atom stereocenters. The minimum absolute atomic E-state index is 0.0131. The topological polar surface area (TPSA) is 75.8 Å². The minimum atomic E-state index is -1.33. The fourth-order valence-corrected chi connectivity index (χ4v) is 1.25. The zero-order valence-electron chi connectivity index (χ0n) is 6.89. The Morgan fingerprint density at radius 2 is 2.50 bits per heavy atom. The molecule has 0 saturated carbocycles. The van der Waals surface area contributed by atoms with Crippen LogP contribution in [0.25, 0.3) is 0 Å². The van der Waals surface area contributed by atoms with E-state index in [1.54, 1.807) is 11.9 Å². The maximum atomic E-state index is 10.6. The Kier molecular flexibility index (Phi) is 2.61. The van der Waals surface area contributed by atoms with E-state index in [2.05, 4.69) is 0 Å².